The molecule has 0 aliphatic heterocycles. The Morgan fingerprint density at radius 1 is 0.970 bits per heavy atom. The van der Waals surface area contributed by atoms with Gasteiger partial charge in [-0.3, -0.25) is 0 Å². The number of benzene rings is 2. The van der Waals surface area contributed by atoms with E-state index in [-0.39, 0.29) is 16.9 Å². The molecule has 0 radical (unpaired) electrons. The first kappa shape index (κ1) is 27.3. The van der Waals surface area contributed by atoms with Crippen LogP contribution in [0.2, 0.25) is 0 Å². The van der Waals surface area contributed by atoms with Crippen LogP contribution < -0.4 is 21.3 Å². The molecule has 2 aromatic rings. The number of sulfonamides is 1. The first-order valence-electron chi connectivity index (χ1n) is 12.1. The van der Waals surface area contributed by atoms with Gasteiger partial charge in [0.05, 0.1) is 11.5 Å². The Balaban J connectivity index is 2.51. The zero-order valence-electron chi connectivity index (χ0n) is 20.1. The van der Waals surface area contributed by atoms with Gasteiger partial charge in [-0.15, -0.1) is 0 Å². The van der Waals surface area contributed by atoms with Crippen molar-refractivity contribution < 1.29 is 13.2 Å². The van der Waals surface area contributed by atoms with Gasteiger partial charge in [-0.1, -0.05) is 57.0 Å². The largest absolute Gasteiger partial charge is 0.493 e. The summed E-state index contributed by atoms with van der Waals surface area (Å²) in [5.41, 5.74) is 14.7. The van der Waals surface area contributed by atoms with Gasteiger partial charge in [0.25, 0.3) is 0 Å². The standard InChI is InChI=1S/C26H41N3O3S/c1-3-5-15-32-25-18-21(16-22(13-9-14-27)24(28)10-4-2)19-26(33(29,30)31)23(25)17-20-11-7-6-8-12-20/h6-8,11-12,18-19,22,24H,3-5,9-10,13-17,27-28H2,1-2H3,(H2,29,30,31). The Hall–Kier alpha value is -1.93. The van der Waals surface area contributed by atoms with Crippen LogP contribution in [-0.4, -0.2) is 27.6 Å². The highest BCUT2D eigenvalue weighted by molar-refractivity contribution is 7.89. The molecule has 0 aliphatic rings. The van der Waals surface area contributed by atoms with Crippen molar-refractivity contribution in [2.45, 2.75) is 76.2 Å². The van der Waals surface area contributed by atoms with Crippen LogP contribution in [-0.2, 0) is 22.9 Å². The Bertz CT molecular complexity index is 949. The molecule has 0 aliphatic carbocycles. The van der Waals surface area contributed by atoms with Gasteiger partial charge in [0.15, 0.2) is 0 Å². The topological polar surface area (TPSA) is 121 Å². The molecule has 6 nitrogen and oxygen atoms in total. The maximum Gasteiger partial charge on any atom is 0.238 e. The molecule has 7 heteroatoms. The molecule has 2 atom stereocenters. The third-order valence-electron chi connectivity index (χ3n) is 6.02. The van der Waals surface area contributed by atoms with Gasteiger partial charge in [0, 0.05) is 18.0 Å². The minimum Gasteiger partial charge on any atom is -0.493 e. The lowest BCUT2D eigenvalue weighted by Gasteiger charge is -2.25. The number of nitrogens with two attached hydrogens (primary N) is 3. The molecule has 6 N–H and O–H groups in total. The highest BCUT2D eigenvalue weighted by Gasteiger charge is 2.23. The second-order valence-corrected chi connectivity index (χ2v) is 10.4. The van der Waals surface area contributed by atoms with Gasteiger partial charge in [-0.25, -0.2) is 13.6 Å². The Labute approximate surface area is 199 Å². The summed E-state index contributed by atoms with van der Waals surface area (Å²) >= 11 is 0. The van der Waals surface area contributed by atoms with Crippen molar-refractivity contribution >= 4 is 10.0 Å². The molecule has 2 aromatic carbocycles. The number of unbranched alkanes of at least 4 members (excludes halogenated alkanes) is 1. The third kappa shape index (κ3) is 8.74. The van der Waals surface area contributed by atoms with E-state index in [1.54, 1.807) is 6.07 Å². The molecular weight excluding hydrogens is 434 g/mol. The van der Waals surface area contributed by atoms with Crippen LogP contribution >= 0.6 is 0 Å². The quantitative estimate of drug-likeness (QED) is 0.334. The van der Waals surface area contributed by atoms with Crippen LogP contribution in [0.15, 0.2) is 47.4 Å². The highest BCUT2D eigenvalue weighted by atomic mass is 32.2. The van der Waals surface area contributed by atoms with Crippen molar-refractivity contribution in [2.24, 2.45) is 22.5 Å². The van der Waals surface area contributed by atoms with Crippen molar-refractivity contribution in [1.29, 1.82) is 0 Å². The van der Waals surface area contributed by atoms with E-state index in [2.05, 4.69) is 13.8 Å². The molecule has 0 aromatic heterocycles. The van der Waals surface area contributed by atoms with E-state index in [1.165, 1.54) is 0 Å². The summed E-state index contributed by atoms with van der Waals surface area (Å²) in [6.45, 7) is 5.35. The van der Waals surface area contributed by atoms with E-state index in [0.29, 0.717) is 37.3 Å². The summed E-state index contributed by atoms with van der Waals surface area (Å²) in [7, 11) is -3.94. The second kappa shape index (κ2) is 13.7. The van der Waals surface area contributed by atoms with Crippen LogP contribution in [0.4, 0.5) is 0 Å². The predicted octanol–water partition coefficient (Wildman–Crippen LogP) is 4.13. The van der Waals surface area contributed by atoms with Crippen LogP contribution in [0.3, 0.4) is 0 Å². The average Bonchev–Trinajstić information content (AvgIpc) is 2.78. The fraction of sp³-hybridized carbons (Fsp3) is 0.538. The molecule has 2 rings (SSSR count). The maximum atomic E-state index is 12.7. The SMILES string of the molecule is CCCCOc1cc(CC(CCCN)C(N)CCC)cc(S(N)(=O)=O)c1Cc1ccccc1. The van der Waals surface area contributed by atoms with Crippen molar-refractivity contribution in [3.8, 4) is 5.75 Å². The minimum absolute atomic E-state index is 0.0351. The molecule has 0 bridgehead atoms. The number of ether oxygens (including phenoxy) is 1. The number of hydrogen-bond acceptors (Lipinski definition) is 5. The lowest BCUT2D eigenvalue weighted by Crippen LogP contribution is -2.32. The lowest BCUT2D eigenvalue weighted by molar-refractivity contribution is 0.304. The second-order valence-electron chi connectivity index (χ2n) is 8.83. The van der Waals surface area contributed by atoms with Gasteiger partial charge < -0.3 is 16.2 Å². The van der Waals surface area contributed by atoms with Gasteiger partial charge in [0.2, 0.25) is 10.0 Å². The number of primary sulfonamides is 1. The smallest absolute Gasteiger partial charge is 0.238 e. The van der Waals surface area contributed by atoms with E-state index in [1.807, 2.05) is 36.4 Å². The molecule has 0 saturated carbocycles. The van der Waals surface area contributed by atoms with Gasteiger partial charge in [0.1, 0.15) is 5.75 Å². The number of rotatable bonds is 15. The molecule has 184 valence electrons. The molecule has 0 spiro atoms. The maximum absolute atomic E-state index is 12.7. The van der Waals surface area contributed by atoms with Crippen molar-refractivity contribution in [3.63, 3.8) is 0 Å². The van der Waals surface area contributed by atoms with E-state index >= 15 is 0 Å². The molecule has 33 heavy (non-hydrogen) atoms. The Morgan fingerprint density at radius 3 is 2.30 bits per heavy atom. The summed E-state index contributed by atoms with van der Waals surface area (Å²) in [5.74, 6) is 0.806. The minimum atomic E-state index is -3.94. The zero-order valence-corrected chi connectivity index (χ0v) is 20.9. The first-order valence-corrected chi connectivity index (χ1v) is 13.7. The zero-order chi connectivity index (χ0) is 24.3. The van der Waals surface area contributed by atoms with Crippen LogP contribution in [0.1, 0.15) is 69.1 Å². The van der Waals surface area contributed by atoms with Gasteiger partial charge in [-0.05, 0) is 67.8 Å². The van der Waals surface area contributed by atoms with Crippen molar-refractivity contribution in [2.75, 3.05) is 13.2 Å². The monoisotopic (exact) mass is 475 g/mol. The highest BCUT2D eigenvalue weighted by Crippen LogP contribution is 2.32. The normalized spacial score (nSPS) is 13.6. The van der Waals surface area contributed by atoms with Crippen LogP contribution in [0, 0.1) is 5.92 Å². The van der Waals surface area contributed by atoms with Gasteiger partial charge >= 0.3 is 0 Å². The first-order chi connectivity index (χ1) is 15.8. The average molecular weight is 476 g/mol. The molecule has 0 amide bonds. The summed E-state index contributed by atoms with van der Waals surface area (Å²) in [6, 6.07) is 13.5. The molecule has 2 unspecified atom stereocenters. The molecule has 0 saturated heterocycles. The predicted molar refractivity (Wildman–Crippen MR) is 136 cm³/mol. The van der Waals surface area contributed by atoms with E-state index < -0.39 is 10.0 Å². The fourth-order valence-corrected chi connectivity index (χ4v) is 5.03. The van der Waals surface area contributed by atoms with Crippen molar-refractivity contribution in [1.82, 2.24) is 0 Å². The summed E-state index contributed by atoms with van der Waals surface area (Å²) in [5, 5.41) is 5.70. The fourth-order valence-electron chi connectivity index (χ4n) is 4.19. The molecular formula is C26H41N3O3S. The van der Waals surface area contributed by atoms with E-state index in [4.69, 9.17) is 21.3 Å². The van der Waals surface area contributed by atoms with E-state index in [9.17, 15) is 8.42 Å². The number of hydrogen-bond donors (Lipinski definition) is 3. The summed E-state index contributed by atoms with van der Waals surface area (Å²) in [6.07, 6.45) is 6.69. The Morgan fingerprint density at radius 2 is 1.70 bits per heavy atom. The van der Waals surface area contributed by atoms with Crippen molar-refractivity contribution in [3.05, 3.63) is 59.2 Å². The summed E-state index contributed by atoms with van der Waals surface area (Å²) < 4.78 is 31.4. The Kier molecular flexibility index (Phi) is 11.3. The lowest BCUT2D eigenvalue weighted by atomic mass is 9.86. The molecule has 0 heterocycles. The molecule has 0 fully saturated rings. The third-order valence-corrected chi connectivity index (χ3v) is 7.00. The van der Waals surface area contributed by atoms with Crippen LogP contribution in [0.25, 0.3) is 0 Å². The van der Waals surface area contributed by atoms with Gasteiger partial charge in [-0.2, -0.15) is 0 Å². The van der Waals surface area contributed by atoms with E-state index in [0.717, 1.165) is 49.7 Å². The van der Waals surface area contributed by atoms with Crippen LogP contribution in [0.5, 0.6) is 5.75 Å². The summed E-state index contributed by atoms with van der Waals surface area (Å²) in [4.78, 5) is 0.136.